The number of piperidine rings is 3. The van der Waals surface area contributed by atoms with Gasteiger partial charge in [-0.2, -0.15) is 0 Å². The SMILES string of the molecule is c1ccc(-c2ccc(OC3[C@@H]4CC5C[C@@H]3CN(C5)C4)nn2)cc1. The van der Waals surface area contributed by atoms with Gasteiger partial charge in [0.05, 0.1) is 5.69 Å². The van der Waals surface area contributed by atoms with Crippen molar-refractivity contribution in [3.8, 4) is 17.1 Å². The first-order chi connectivity index (χ1) is 11.3. The van der Waals surface area contributed by atoms with Crippen LogP contribution in [-0.2, 0) is 0 Å². The Morgan fingerprint density at radius 1 is 0.870 bits per heavy atom. The second-order valence-electron chi connectivity index (χ2n) is 7.28. The molecule has 3 saturated heterocycles. The number of benzene rings is 1. The molecule has 1 saturated carbocycles. The van der Waals surface area contributed by atoms with Crippen LogP contribution >= 0.6 is 0 Å². The van der Waals surface area contributed by atoms with E-state index in [2.05, 4.69) is 27.2 Å². The molecule has 1 aliphatic carbocycles. The zero-order valence-corrected chi connectivity index (χ0v) is 13.1. The molecule has 4 fully saturated rings. The molecule has 0 amide bonds. The zero-order chi connectivity index (χ0) is 15.2. The van der Waals surface area contributed by atoms with Crippen LogP contribution in [0, 0.1) is 17.8 Å². The van der Waals surface area contributed by atoms with Crippen LogP contribution in [0.1, 0.15) is 12.8 Å². The number of nitrogens with zero attached hydrogens (tertiary/aromatic N) is 3. The van der Waals surface area contributed by atoms with Gasteiger partial charge in [-0.3, -0.25) is 0 Å². The molecule has 3 aliphatic heterocycles. The first-order valence-corrected chi connectivity index (χ1v) is 8.63. The van der Waals surface area contributed by atoms with Gasteiger partial charge in [-0.05, 0) is 24.8 Å². The highest BCUT2D eigenvalue weighted by Crippen LogP contribution is 2.44. The van der Waals surface area contributed by atoms with Gasteiger partial charge in [0.1, 0.15) is 6.10 Å². The van der Waals surface area contributed by atoms with E-state index in [1.807, 2.05) is 30.3 Å². The molecule has 4 bridgehead atoms. The van der Waals surface area contributed by atoms with Gasteiger partial charge in [0.15, 0.2) is 0 Å². The van der Waals surface area contributed by atoms with Crippen LogP contribution in [-0.4, -0.2) is 40.8 Å². The molecule has 4 heteroatoms. The maximum absolute atomic E-state index is 6.28. The highest BCUT2D eigenvalue weighted by molar-refractivity contribution is 5.58. The summed E-state index contributed by atoms with van der Waals surface area (Å²) in [5.41, 5.74) is 1.99. The fraction of sp³-hybridized carbons (Fsp3) is 0.474. The summed E-state index contributed by atoms with van der Waals surface area (Å²) >= 11 is 0. The fourth-order valence-electron chi connectivity index (χ4n) is 4.84. The Hall–Kier alpha value is -1.94. The number of ether oxygens (including phenoxy) is 1. The molecule has 1 aromatic heterocycles. The molecule has 118 valence electrons. The van der Waals surface area contributed by atoms with E-state index in [0.717, 1.165) is 17.2 Å². The number of hydrogen-bond donors (Lipinski definition) is 0. The number of hydrogen-bond acceptors (Lipinski definition) is 4. The Morgan fingerprint density at radius 3 is 2.30 bits per heavy atom. The molecular formula is C19H21N3O. The fourth-order valence-corrected chi connectivity index (χ4v) is 4.84. The molecule has 0 unspecified atom stereocenters. The molecule has 1 aromatic carbocycles. The van der Waals surface area contributed by atoms with Gasteiger partial charge in [-0.1, -0.05) is 30.3 Å². The summed E-state index contributed by atoms with van der Waals surface area (Å²) in [7, 11) is 0. The molecule has 4 heterocycles. The topological polar surface area (TPSA) is 38.2 Å². The predicted molar refractivity (Wildman–Crippen MR) is 88.0 cm³/mol. The van der Waals surface area contributed by atoms with Crippen molar-refractivity contribution >= 4 is 0 Å². The van der Waals surface area contributed by atoms with Crippen molar-refractivity contribution in [2.75, 3.05) is 19.6 Å². The minimum Gasteiger partial charge on any atom is -0.473 e. The van der Waals surface area contributed by atoms with Crippen molar-refractivity contribution in [2.24, 2.45) is 17.8 Å². The molecule has 0 N–H and O–H groups in total. The summed E-state index contributed by atoms with van der Waals surface area (Å²) in [4.78, 5) is 2.62. The van der Waals surface area contributed by atoms with Gasteiger partial charge in [0.25, 0.3) is 0 Å². The third kappa shape index (κ3) is 2.41. The third-order valence-corrected chi connectivity index (χ3v) is 5.67. The van der Waals surface area contributed by atoms with Crippen molar-refractivity contribution in [1.29, 1.82) is 0 Å². The lowest BCUT2D eigenvalue weighted by Crippen LogP contribution is -2.61. The Bertz CT molecular complexity index is 658. The quantitative estimate of drug-likeness (QED) is 0.874. The summed E-state index contributed by atoms with van der Waals surface area (Å²) in [5, 5.41) is 8.67. The highest BCUT2D eigenvalue weighted by atomic mass is 16.5. The Balaban J connectivity index is 1.33. The monoisotopic (exact) mass is 307 g/mol. The molecule has 0 spiro atoms. The first kappa shape index (κ1) is 13.5. The van der Waals surface area contributed by atoms with Gasteiger partial charge >= 0.3 is 0 Å². The molecule has 6 rings (SSSR count). The normalized spacial score (nSPS) is 34.5. The summed E-state index contributed by atoms with van der Waals surface area (Å²) in [6.07, 6.45) is 2.99. The molecule has 23 heavy (non-hydrogen) atoms. The first-order valence-electron chi connectivity index (χ1n) is 8.63. The van der Waals surface area contributed by atoms with Crippen molar-refractivity contribution in [3.05, 3.63) is 42.5 Å². The van der Waals surface area contributed by atoms with Crippen molar-refractivity contribution in [2.45, 2.75) is 18.9 Å². The molecule has 4 aliphatic rings. The minimum atomic E-state index is 0.333. The van der Waals surface area contributed by atoms with E-state index in [-0.39, 0.29) is 0 Å². The van der Waals surface area contributed by atoms with E-state index in [4.69, 9.17) is 4.74 Å². The smallest absolute Gasteiger partial charge is 0.233 e. The lowest BCUT2D eigenvalue weighted by atomic mass is 9.66. The number of aromatic nitrogens is 2. The van der Waals surface area contributed by atoms with E-state index in [1.165, 1.54) is 32.5 Å². The van der Waals surface area contributed by atoms with Crippen LogP contribution in [0.5, 0.6) is 5.88 Å². The Labute approximate surface area is 136 Å². The van der Waals surface area contributed by atoms with Gasteiger partial charge in [0.2, 0.25) is 5.88 Å². The van der Waals surface area contributed by atoms with E-state index in [0.29, 0.717) is 23.8 Å². The number of rotatable bonds is 3. The molecule has 0 radical (unpaired) electrons. The molecule has 4 nitrogen and oxygen atoms in total. The average Bonchev–Trinajstić information content (AvgIpc) is 2.59. The van der Waals surface area contributed by atoms with Crippen LogP contribution in [0.25, 0.3) is 11.3 Å². The maximum Gasteiger partial charge on any atom is 0.233 e. The summed E-state index contributed by atoms with van der Waals surface area (Å²) < 4.78 is 6.28. The van der Waals surface area contributed by atoms with Crippen LogP contribution in [0.15, 0.2) is 42.5 Å². The van der Waals surface area contributed by atoms with E-state index >= 15 is 0 Å². The van der Waals surface area contributed by atoms with E-state index in [1.54, 1.807) is 0 Å². The summed E-state index contributed by atoms with van der Waals surface area (Å²) in [6, 6.07) is 14.1. The lowest BCUT2D eigenvalue weighted by Gasteiger charge is -2.55. The lowest BCUT2D eigenvalue weighted by molar-refractivity contribution is -0.0999. The van der Waals surface area contributed by atoms with Gasteiger partial charge < -0.3 is 9.64 Å². The third-order valence-electron chi connectivity index (χ3n) is 5.67. The van der Waals surface area contributed by atoms with Crippen molar-refractivity contribution < 1.29 is 4.74 Å². The van der Waals surface area contributed by atoms with Gasteiger partial charge in [-0.25, -0.2) is 0 Å². The largest absolute Gasteiger partial charge is 0.473 e. The van der Waals surface area contributed by atoms with E-state index in [9.17, 15) is 0 Å². The zero-order valence-electron chi connectivity index (χ0n) is 13.1. The standard InChI is InChI=1S/C19H21N3O/c1-2-4-14(5-3-1)17-6-7-18(21-20-17)23-19-15-8-13-9-16(19)12-22(10-13)11-15/h1-7,13,15-16,19H,8-12H2/t13?,15-,16-,19?/m1/s1. The predicted octanol–water partition coefficient (Wildman–Crippen LogP) is 2.86. The second kappa shape index (κ2) is 5.31. The molecular weight excluding hydrogens is 286 g/mol. The summed E-state index contributed by atoms with van der Waals surface area (Å²) in [5.74, 6) is 2.93. The van der Waals surface area contributed by atoms with Crippen molar-refractivity contribution in [1.82, 2.24) is 15.1 Å². The van der Waals surface area contributed by atoms with Gasteiger partial charge in [-0.15, -0.1) is 10.2 Å². The highest BCUT2D eigenvalue weighted by Gasteiger charge is 2.48. The Morgan fingerprint density at radius 2 is 1.65 bits per heavy atom. The van der Waals surface area contributed by atoms with Crippen molar-refractivity contribution in [3.63, 3.8) is 0 Å². The average molecular weight is 307 g/mol. The van der Waals surface area contributed by atoms with E-state index < -0.39 is 0 Å². The maximum atomic E-state index is 6.28. The summed E-state index contributed by atoms with van der Waals surface area (Å²) in [6.45, 7) is 3.71. The van der Waals surface area contributed by atoms with Crippen LogP contribution in [0.2, 0.25) is 0 Å². The van der Waals surface area contributed by atoms with Crippen LogP contribution < -0.4 is 4.74 Å². The van der Waals surface area contributed by atoms with Crippen LogP contribution in [0.4, 0.5) is 0 Å². The second-order valence-corrected chi connectivity index (χ2v) is 7.28. The molecule has 2 aromatic rings. The molecule has 2 atom stereocenters. The van der Waals surface area contributed by atoms with Crippen LogP contribution in [0.3, 0.4) is 0 Å². The van der Waals surface area contributed by atoms with Gasteiger partial charge in [0, 0.05) is 43.1 Å². The Kier molecular flexibility index (Phi) is 3.11. The minimum absolute atomic E-state index is 0.333.